The fourth-order valence-corrected chi connectivity index (χ4v) is 10.8. The number of hydrogen-bond donors (Lipinski definition) is 1. The van der Waals surface area contributed by atoms with Crippen molar-refractivity contribution in [3.63, 3.8) is 0 Å². The fraction of sp³-hybridized carbons (Fsp3) is 0.758. The smallest absolute Gasteiger partial charge is 0.341 e. The molecule has 0 aromatic carbocycles. The van der Waals surface area contributed by atoms with Gasteiger partial charge in [0, 0.05) is 12.1 Å². The van der Waals surface area contributed by atoms with Crippen molar-refractivity contribution >= 4 is 17.7 Å². The highest BCUT2D eigenvalue weighted by Crippen LogP contribution is 2.70. The molecule has 218 valence electrons. The van der Waals surface area contributed by atoms with Crippen molar-refractivity contribution in [3.05, 3.63) is 29.6 Å². The van der Waals surface area contributed by atoms with E-state index in [1.54, 1.807) is 6.20 Å². The van der Waals surface area contributed by atoms with E-state index in [0.29, 0.717) is 36.3 Å². The second-order valence-electron chi connectivity index (χ2n) is 14.6. The molecular weight excluding hydrogens is 504 g/mol. The standard InChI is InChI=1S/C33H46N2O5/c1-6-40-30(39)21-17-34-35(18-21)26-10-14-32(4)23(19(26)2)9-13-33(5)24-8-12-31(3)11-7-20(29(37)38)15-25(31)22(24)16-27(36)28(32)33/h16-20,23-26,28H,6-15H2,1-5H3,(H,37,38). The summed E-state index contributed by atoms with van der Waals surface area (Å²) in [4.78, 5) is 38.5. The Kier molecular flexibility index (Phi) is 6.62. The van der Waals surface area contributed by atoms with E-state index in [1.165, 1.54) is 5.57 Å². The molecule has 6 rings (SSSR count). The largest absolute Gasteiger partial charge is 0.481 e. The Balaban J connectivity index is 1.29. The summed E-state index contributed by atoms with van der Waals surface area (Å²) in [5.74, 6) is 0.280. The van der Waals surface area contributed by atoms with Gasteiger partial charge < -0.3 is 9.84 Å². The van der Waals surface area contributed by atoms with Crippen LogP contribution < -0.4 is 0 Å². The lowest BCUT2D eigenvalue weighted by Crippen LogP contribution is -2.61. The van der Waals surface area contributed by atoms with E-state index in [1.807, 2.05) is 23.9 Å². The Bertz CT molecular complexity index is 1250. The molecule has 1 aromatic heterocycles. The normalized spacial score (nSPS) is 44.4. The molecule has 0 radical (unpaired) electrons. The minimum absolute atomic E-state index is 0.00756. The van der Waals surface area contributed by atoms with Gasteiger partial charge in [0.15, 0.2) is 5.78 Å². The average molecular weight is 551 g/mol. The zero-order chi connectivity index (χ0) is 28.6. The van der Waals surface area contributed by atoms with Gasteiger partial charge >= 0.3 is 11.9 Å². The molecule has 5 aliphatic carbocycles. The number of esters is 1. The number of aliphatic carboxylic acids is 1. The van der Waals surface area contributed by atoms with Crippen LogP contribution in [0.5, 0.6) is 0 Å². The SMILES string of the molecule is CCOC(=O)c1cnn(C2CCC3(C)C(CCC4(C)C5CCC6(C)CCC(C(=O)O)CC6C5=CC(=O)C43)C2C)c1. The summed E-state index contributed by atoms with van der Waals surface area (Å²) in [7, 11) is 0. The van der Waals surface area contributed by atoms with Crippen molar-refractivity contribution in [1.82, 2.24) is 9.78 Å². The number of allylic oxidation sites excluding steroid dienone is 2. The molecule has 4 fully saturated rings. The molecule has 0 amide bonds. The topological polar surface area (TPSA) is 98.5 Å². The number of nitrogens with zero attached hydrogens (tertiary/aromatic N) is 2. The first kappa shape index (κ1) is 27.7. The monoisotopic (exact) mass is 550 g/mol. The first-order valence-electron chi connectivity index (χ1n) is 15.6. The molecule has 1 heterocycles. The highest BCUT2D eigenvalue weighted by atomic mass is 16.5. The molecule has 7 heteroatoms. The zero-order valence-electron chi connectivity index (χ0n) is 24.8. The summed E-state index contributed by atoms with van der Waals surface area (Å²) in [5.41, 5.74) is 1.72. The number of ether oxygens (including phenoxy) is 1. The highest BCUT2D eigenvalue weighted by Gasteiger charge is 2.65. The van der Waals surface area contributed by atoms with Crippen LogP contribution in [0.2, 0.25) is 0 Å². The first-order valence-corrected chi connectivity index (χ1v) is 15.6. The van der Waals surface area contributed by atoms with Crippen molar-refractivity contribution < 1.29 is 24.2 Å². The summed E-state index contributed by atoms with van der Waals surface area (Å²) >= 11 is 0. The van der Waals surface area contributed by atoms with Gasteiger partial charge in [-0.05, 0) is 111 Å². The van der Waals surface area contributed by atoms with Gasteiger partial charge in [-0.3, -0.25) is 14.3 Å². The molecule has 0 saturated heterocycles. The van der Waals surface area contributed by atoms with Gasteiger partial charge in [-0.15, -0.1) is 0 Å². The quantitative estimate of drug-likeness (QED) is 0.430. The lowest BCUT2D eigenvalue weighted by molar-refractivity contribution is -0.163. The van der Waals surface area contributed by atoms with Crippen molar-refractivity contribution in [2.45, 2.75) is 98.4 Å². The van der Waals surface area contributed by atoms with Gasteiger partial charge in [-0.2, -0.15) is 5.10 Å². The molecule has 4 saturated carbocycles. The Labute approximate surface area is 238 Å². The molecule has 1 N–H and O–H groups in total. The number of fused-ring (bicyclic) bond motifs is 7. The van der Waals surface area contributed by atoms with E-state index < -0.39 is 5.97 Å². The molecule has 10 atom stereocenters. The summed E-state index contributed by atoms with van der Waals surface area (Å²) in [5, 5.41) is 14.4. The Morgan fingerprint density at radius 2 is 1.77 bits per heavy atom. The van der Waals surface area contributed by atoms with E-state index in [2.05, 4.69) is 32.8 Å². The fourth-order valence-electron chi connectivity index (χ4n) is 10.8. The predicted octanol–water partition coefficient (Wildman–Crippen LogP) is 6.50. The van der Waals surface area contributed by atoms with Crippen LogP contribution in [-0.4, -0.2) is 39.2 Å². The Hall–Kier alpha value is -2.44. The third-order valence-corrected chi connectivity index (χ3v) is 12.8. The predicted molar refractivity (Wildman–Crippen MR) is 150 cm³/mol. The summed E-state index contributed by atoms with van der Waals surface area (Å²) in [6.07, 6.45) is 14.1. The summed E-state index contributed by atoms with van der Waals surface area (Å²) in [6, 6.07) is 0.195. The van der Waals surface area contributed by atoms with Crippen LogP contribution in [0.25, 0.3) is 0 Å². The maximum Gasteiger partial charge on any atom is 0.341 e. The van der Waals surface area contributed by atoms with E-state index >= 15 is 0 Å². The number of rotatable bonds is 4. The van der Waals surface area contributed by atoms with Crippen LogP contribution in [0.1, 0.15) is 109 Å². The van der Waals surface area contributed by atoms with Gasteiger partial charge in [-0.1, -0.05) is 33.3 Å². The minimum Gasteiger partial charge on any atom is -0.481 e. The molecule has 0 spiro atoms. The van der Waals surface area contributed by atoms with Crippen molar-refractivity contribution in [1.29, 1.82) is 0 Å². The molecule has 10 unspecified atom stereocenters. The van der Waals surface area contributed by atoms with Gasteiger partial charge in [0.05, 0.1) is 30.3 Å². The summed E-state index contributed by atoms with van der Waals surface area (Å²) in [6.45, 7) is 11.6. The molecule has 5 aliphatic rings. The lowest BCUT2D eigenvalue weighted by atomic mass is 9.38. The molecule has 1 aromatic rings. The van der Waals surface area contributed by atoms with Crippen molar-refractivity contribution in [3.8, 4) is 0 Å². The molecule has 7 nitrogen and oxygen atoms in total. The third-order valence-electron chi connectivity index (χ3n) is 12.8. The number of ketones is 1. The second-order valence-corrected chi connectivity index (χ2v) is 14.6. The van der Waals surface area contributed by atoms with Gasteiger partial charge in [0.2, 0.25) is 0 Å². The maximum absolute atomic E-state index is 14.3. The van der Waals surface area contributed by atoms with Gasteiger partial charge in [0.1, 0.15) is 0 Å². The third kappa shape index (κ3) is 3.96. The number of carboxylic acid groups (broad SMARTS) is 1. The number of carboxylic acids is 1. The van der Waals surface area contributed by atoms with Crippen molar-refractivity contribution in [2.75, 3.05) is 6.61 Å². The van der Waals surface area contributed by atoms with Crippen LogP contribution in [0.4, 0.5) is 0 Å². The zero-order valence-corrected chi connectivity index (χ0v) is 24.8. The first-order chi connectivity index (χ1) is 18.9. The van der Waals surface area contributed by atoms with E-state index in [4.69, 9.17) is 4.74 Å². The van der Waals surface area contributed by atoms with Crippen molar-refractivity contribution in [2.24, 2.45) is 51.8 Å². The maximum atomic E-state index is 14.3. The minimum atomic E-state index is -0.679. The number of carbonyl (C=O) groups excluding carboxylic acids is 2. The van der Waals surface area contributed by atoms with E-state index in [0.717, 1.165) is 51.4 Å². The Morgan fingerprint density at radius 1 is 1.05 bits per heavy atom. The van der Waals surface area contributed by atoms with Gasteiger partial charge in [0.25, 0.3) is 0 Å². The van der Waals surface area contributed by atoms with E-state index in [-0.39, 0.29) is 51.8 Å². The van der Waals surface area contributed by atoms with Crippen LogP contribution in [0.15, 0.2) is 24.0 Å². The second kappa shape index (κ2) is 9.55. The lowest BCUT2D eigenvalue weighted by Gasteiger charge is -2.65. The number of aromatic nitrogens is 2. The van der Waals surface area contributed by atoms with Gasteiger partial charge in [-0.25, -0.2) is 4.79 Å². The summed E-state index contributed by atoms with van der Waals surface area (Å²) < 4.78 is 7.14. The van der Waals surface area contributed by atoms with Crippen LogP contribution in [-0.2, 0) is 14.3 Å². The van der Waals surface area contributed by atoms with E-state index in [9.17, 15) is 19.5 Å². The molecule has 0 aliphatic heterocycles. The Morgan fingerprint density at radius 3 is 2.50 bits per heavy atom. The number of hydrogen-bond acceptors (Lipinski definition) is 5. The van der Waals surface area contributed by atoms with Crippen LogP contribution >= 0.6 is 0 Å². The molecule has 40 heavy (non-hydrogen) atoms. The molecular formula is C33H46N2O5. The average Bonchev–Trinajstić information content (AvgIpc) is 3.38. The van der Waals surface area contributed by atoms with Crippen LogP contribution in [0, 0.1) is 51.8 Å². The highest BCUT2D eigenvalue weighted by molar-refractivity contribution is 5.95. The number of carbonyl (C=O) groups is 3. The molecule has 0 bridgehead atoms. The van der Waals surface area contributed by atoms with Crippen LogP contribution in [0.3, 0.4) is 0 Å².